The van der Waals surface area contributed by atoms with Gasteiger partial charge in [-0.3, -0.25) is 4.79 Å². The second kappa shape index (κ2) is 5.94. The van der Waals surface area contributed by atoms with E-state index in [2.05, 4.69) is 5.32 Å². The highest BCUT2D eigenvalue weighted by Crippen LogP contribution is 2.11. The van der Waals surface area contributed by atoms with E-state index in [1.807, 2.05) is 0 Å². The van der Waals surface area contributed by atoms with Gasteiger partial charge < -0.3 is 10.4 Å². The lowest BCUT2D eigenvalue weighted by molar-refractivity contribution is 0.0950. The Hall–Kier alpha value is -2.38. The average molecular weight is 306 g/mol. The minimum Gasteiger partial charge on any atom is -0.508 e. The molecule has 110 valence electrons. The van der Waals surface area contributed by atoms with Crippen LogP contribution in [-0.4, -0.2) is 19.4 Å². The lowest BCUT2D eigenvalue weighted by Crippen LogP contribution is -2.22. The van der Waals surface area contributed by atoms with Crippen LogP contribution in [0.25, 0.3) is 0 Å². The minimum atomic E-state index is -3.76. The predicted molar refractivity (Wildman–Crippen MR) is 77.1 cm³/mol. The van der Waals surface area contributed by atoms with Crippen LogP contribution in [0.5, 0.6) is 5.75 Å². The molecule has 1 amide bonds. The van der Waals surface area contributed by atoms with Crippen molar-refractivity contribution in [2.45, 2.75) is 11.4 Å². The monoisotopic (exact) mass is 306 g/mol. The number of nitrogens with two attached hydrogens (primary N) is 1. The van der Waals surface area contributed by atoms with E-state index in [0.29, 0.717) is 5.56 Å². The lowest BCUT2D eigenvalue weighted by atomic mass is 10.2. The maximum Gasteiger partial charge on any atom is 0.251 e. The van der Waals surface area contributed by atoms with Gasteiger partial charge in [0.15, 0.2) is 0 Å². The Morgan fingerprint density at radius 2 is 1.81 bits per heavy atom. The molecule has 0 heterocycles. The molecule has 0 unspecified atom stereocenters. The molecule has 2 aromatic carbocycles. The van der Waals surface area contributed by atoms with Crippen LogP contribution < -0.4 is 10.5 Å². The van der Waals surface area contributed by atoms with Crippen molar-refractivity contribution in [2.24, 2.45) is 5.14 Å². The first-order valence-electron chi connectivity index (χ1n) is 6.05. The lowest BCUT2D eigenvalue weighted by Gasteiger charge is -2.06. The van der Waals surface area contributed by atoms with Gasteiger partial charge in [0.2, 0.25) is 10.0 Å². The van der Waals surface area contributed by atoms with Crippen LogP contribution in [0, 0.1) is 0 Å². The Morgan fingerprint density at radius 3 is 2.38 bits per heavy atom. The van der Waals surface area contributed by atoms with Gasteiger partial charge in [0, 0.05) is 12.1 Å². The average Bonchev–Trinajstić information content (AvgIpc) is 2.44. The van der Waals surface area contributed by atoms with E-state index >= 15 is 0 Å². The molecule has 0 aromatic heterocycles. The number of carbonyl (C=O) groups is 1. The molecular formula is C14H14N2O4S. The molecule has 0 bridgehead atoms. The van der Waals surface area contributed by atoms with E-state index in [1.165, 1.54) is 30.3 Å². The molecule has 0 aliphatic heterocycles. The Bertz CT molecular complexity index is 755. The SMILES string of the molecule is NS(=O)(=O)c1ccc(C(=O)NCc2cccc(O)c2)cc1. The molecule has 0 saturated carbocycles. The standard InChI is InChI=1S/C14H14N2O4S/c15-21(19,20)13-6-4-11(5-7-13)14(18)16-9-10-2-1-3-12(17)8-10/h1-8,17H,9H2,(H,16,18)(H2,15,19,20). The first kappa shape index (κ1) is 15.0. The van der Waals surface area contributed by atoms with E-state index in [-0.39, 0.29) is 23.1 Å². The number of amides is 1. The third-order valence-electron chi connectivity index (χ3n) is 2.81. The summed E-state index contributed by atoms with van der Waals surface area (Å²) in [5, 5.41) is 17.0. The van der Waals surface area contributed by atoms with Crippen molar-refractivity contribution in [3.05, 3.63) is 59.7 Å². The number of phenolic OH excluding ortho intramolecular Hbond substituents is 1. The number of primary sulfonamides is 1. The number of aromatic hydroxyl groups is 1. The fourth-order valence-corrected chi connectivity index (χ4v) is 2.26. The summed E-state index contributed by atoms with van der Waals surface area (Å²) < 4.78 is 22.2. The minimum absolute atomic E-state index is 0.0490. The molecule has 0 fully saturated rings. The maximum atomic E-state index is 11.9. The van der Waals surface area contributed by atoms with Crippen molar-refractivity contribution in [2.75, 3.05) is 0 Å². The zero-order valence-corrected chi connectivity index (χ0v) is 11.8. The number of carbonyl (C=O) groups excluding carboxylic acids is 1. The van der Waals surface area contributed by atoms with E-state index in [4.69, 9.17) is 5.14 Å². The molecule has 2 rings (SSSR count). The molecule has 21 heavy (non-hydrogen) atoms. The summed E-state index contributed by atoms with van der Waals surface area (Å²) in [6.45, 7) is 0.254. The highest BCUT2D eigenvalue weighted by molar-refractivity contribution is 7.89. The molecule has 2 aromatic rings. The van der Waals surface area contributed by atoms with Gasteiger partial charge in [-0.05, 0) is 42.0 Å². The molecule has 0 radical (unpaired) electrons. The fraction of sp³-hybridized carbons (Fsp3) is 0.0714. The largest absolute Gasteiger partial charge is 0.508 e. The number of benzene rings is 2. The molecule has 0 aliphatic rings. The molecule has 7 heteroatoms. The predicted octanol–water partition coefficient (Wildman–Crippen LogP) is 0.970. The van der Waals surface area contributed by atoms with Crippen LogP contribution in [0.15, 0.2) is 53.4 Å². The molecule has 0 aliphatic carbocycles. The van der Waals surface area contributed by atoms with Crippen LogP contribution >= 0.6 is 0 Å². The van der Waals surface area contributed by atoms with Crippen LogP contribution in [0.1, 0.15) is 15.9 Å². The van der Waals surface area contributed by atoms with Gasteiger partial charge >= 0.3 is 0 Å². The molecule has 0 spiro atoms. The van der Waals surface area contributed by atoms with E-state index in [1.54, 1.807) is 18.2 Å². The first-order valence-corrected chi connectivity index (χ1v) is 7.60. The number of hydrogen-bond donors (Lipinski definition) is 3. The van der Waals surface area contributed by atoms with Gasteiger partial charge in [0.05, 0.1) is 4.90 Å². The highest BCUT2D eigenvalue weighted by Gasteiger charge is 2.10. The number of rotatable bonds is 4. The van der Waals surface area contributed by atoms with Gasteiger partial charge in [-0.2, -0.15) is 0 Å². The summed E-state index contributed by atoms with van der Waals surface area (Å²) in [7, 11) is -3.76. The van der Waals surface area contributed by atoms with Crippen molar-refractivity contribution in [1.29, 1.82) is 0 Å². The summed E-state index contributed by atoms with van der Waals surface area (Å²) in [6, 6.07) is 11.9. The highest BCUT2D eigenvalue weighted by atomic mass is 32.2. The maximum absolute atomic E-state index is 11.9. The van der Waals surface area contributed by atoms with Crippen molar-refractivity contribution in [1.82, 2.24) is 5.32 Å². The molecular weight excluding hydrogens is 292 g/mol. The van der Waals surface area contributed by atoms with Gasteiger partial charge in [0.25, 0.3) is 5.91 Å². The smallest absolute Gasteiger partial charge is 0.251 e. The second-order valence-electron chi connectivity index (χ2n) is 4.42. The summed E-state index contributed by atoms with van der Waals surface area (Å²) in [6.07, 6.45) is 0. The summed E-state index contributed by atoms with van der Waals surface area (Å²) in [5.41, 5.74) is 1.08. The van der Waals surface area contributed by atoms with Gasteiger partial charge in [0.1, 0.15) is 5.75 Å². The van der Waals surface area contributed by atoms with E-state index in [0.717, 1.165) is 5.56 Å². The fourth-order valence-electron chi connectivity index (χ4n) is 1.75. The first-order chi connectivity index (χ1) is 9.86. The Balaban J connectivity index is 2.04. The van der Waals surface area contributed by atoms with Crippen LogP contribution in [0.3, 0.4) is 0 Å². The van der Waals surface area contributed by atoms with Crippen molar-refractivity contribution in [3.8, 4) is 5.75 Å². The van der Waals surface area contributed by atoms with Crippen LogP contribution in [0.4, 0.5) is 0 Å². The molecule has 4 N–H and O–H groups in total. The Labute approximate surface area is 122 Å². The topological polar surface area (TPSA) is 109 Å². The summed E-state index contributed by atoms with van der Waals surface area (Å²) in [4.78, 5) is 11.9. The summed E-state index contributed by atoms with van der Waals surface area (Å²) in [5.74, 6) is -0.224. The van der Waals surface area contributed by atoms with Crippen LogP contribution in [-0.2, 0) is 16.6 Å². The third-order valence-corrected chi connectivity index (χ3v) is 3.74. The number of nitrogens with one attached hydrogen (secondary N) is 1. The zero-order valence-electron chi connectivity index (χ0n) is 11.0. The van der Waals surface area contributed by atoms with Gasteiger partial charge in [-0.15, -0.1) is 0 Å². The third kappa shape index (κ3) is 4.04. The van der Waals surface area contributed by atoms with Crippen molar-refractivity contribution >= 4 is 15.9 Å². The van der Waals surface area contributed by atoms with E-state index in [9.17, 15) is 18.3 Å². The zero-order chi connectivity index (χ0) is 15.5. The normalized spacial score (nSPS) is 11.1. The number of phenols is 1. The molecule has 6 nitrogen and oxygen atoms in total. The Morgan fingerprint density at radius 1 is 1.14 bits per heavy atom. The Kier molecular flexibility index (Phi) is 4.25. The molecule has 0 atom stereocenters. The van der Waals surface area contributed by atoms with Crippen molar-refractivity contribution < 1.29 is 18.3 Å². The summed E-state index contributed by atoms with van der Waals surface area (Å²) >= 11 is 0. The van der Waals surface area contributed by atoms with Gasteiger partial charge in [-0.25, -0.2) is 13.6 Å². The molecule has 0 saturated heterocycles. The second-order valence-corrected chi connectivity index (χ2v) is 5.98. The number of sulfonamides is 1. The van der Waals surface area contributed by atoms with Crippen molar-refractivity contribution in [3.63, 3.8) is 0 Å². The van der Waals surface area contributed by atoms with Gasteiger partial charge in [-0.1, -0.05) is 12.1 Å². The van der Waals surface area contributed by atoms with Crippen LogP contribution in [0.2, 0.25) is 0 Å². The number of hydrogen-bond acceptors (Lipinski definition) is 4. The van der Waals surface area contributed by atoms with E-state index < -0.39 is 10.0 Å². The quantitative estimate of drug-likeness (QED) is 0.781.